The number of amides is 1. The number of nitrogens with one attached hydrogen (secondary N) is 1. The number of rotatable bonds is 19. The van der Waals surface area contributed by atoms with Gasteiger partial charge in [0.05, 0.1) is 24.0 Å². The standard InChI is InChI=1S/C33H45FN2O2S.ClH/c1-3-5-6-7-8-9-10-11-12-13-14-15-22-38-31-20-19-27(24-30(31)34)25-32(37)35-29-18-16-17-28(26-29)33-36(4-2)21-23-39-33;/h16-21,23-24,26H,3-15,22,25H2,1-2H3;1H. The highest BCUT2D eigenvalue weighted by Crippen LogP contribution is 2.24. The number of nitrogens with zero attached hydrogens (tertiary/aromatic N) is 1. The van der Waals surface area contributed by atoms with Crippen molar-refractivity contribution in [2.75, 3.05) is 11.9 Å². The Labute approximate surface area is 250 Å². The Morgan fingerprint density at radius 3 is 2.23 bits per heavy atom. The van der Waals surface area contributed by atoms with Crippen LogP contribution in [0.25, 0.3) is 10.6 Å². The molecule has 0 saturated heterocycles. The molecule has 220 valence electrons. The number of anilines is 1. The Morgan fingerprint density at radius 1 is 0.900 bits per heavy atom. The number of carbonyl (C=O) groups excluding carboxylic acids is 1. The third-order valence-electron chi connectivity index (χ3n) is 7.03. The summed E-state index contributed by atoms with van der Waals surface area (Å²) < 4.78 is 22.4. The van der Waals surface area contributed by atoms with Gasteiger partial charge in [0, 0.05) is 5.69 Å². The average molecular weight is 589 g/mol. The first-order valence-electron chi connectivity index (χ1n) is 14.9. The van der Waals surface area contributed by atoms with Crippen molar-refractivity contribution >= 4 is 22.9 Å². The summed E-state index contributed by atoms with van der Waals surface area (Å²) in [6.07, 6.45) is 17.6. The molecule has 0 atom stereocenters. The molecule has 4 nitrogen and oxygen atoms in total. The van der Waals surface area contributed by atoms with Gasteiger partial charge in [-0.2, -0.15) is 4.57 Å². The van der Waals surface area contributed by atoms with Crippen LogP contribution in [-0.2, 0) is 17.8 Å². The summed E-state index contributed by atoms with van der Waals surface area (Å²) in [5.41, 5.74) is 2.42. The van der Waals surface area contributed by atoms with Crippen LogP contribution < -0.4 is 27.0 Å². The van der Waals surface area contributed by atoms with Gasteiger partial charge in [-0.3, -0.25) is 4.79 Å². The van der Waals surface area contributed by atoms with Crippen molar-refractivity contribution in [3.8, 4) is 16.3 Å². The average Bonchev–Trinajstić information content (AvgIpc) is 3.41. The van der Waals surface area contributed by atoms with E-state index < -0.39 is 5.82 Å². The number of carbonyl (C=O) groups is 1. The molecule has 0 spiro atoms. The molecular weight excluding hydrogens is 543 g/mol. The van der Waals surface area contributed by atoms with Crippen molar-refractivity contribution in [1.29, 1.82) is 0 Å². The van der Waals surface area contributed by atoms with Crippen LogP contribution in [0.1, 0.15) is 96.5 Å². The molecule has 7 heteroatoms. The lowest BCUT2D eigenvalue weighted by Gasteiger charge is -2.10. The van der Waals surface area contributed by atoms with Gasteiger partial charge in [-0.25, -0.2) is 4.39 Å². The van der Waals surface area contributed by atoms with E-state index in [9.17, 15) is 9.18 Å². The molecule has 0 aliphatic carbocycles. The normalized spacial score (nSPS) is 10.8. The number of aromatic nitrogens is 1. The van der Waals surface area contributed by atoms with Gasteiger partial charge in [-0.1, -0.05) is 101 Å². The minimum atomic E-state index is -0.414. The fourth-order valence-electron chi connectivity index (χ4n) is 4.80. The van der Waals surface area contributed by atoms with Gasteiger partial charge in [0.1, 0.15) is 6.54 Å². The maximum atomic E-state index is 14.6. The first-order chi connectivity index (χ1) is 19.1. The molecule has 0 aliphatic rings. The van der Waals surface area contributed by atoms with Crippen LogP contribution >= 0.6 is 11.3 Å². The number of halogens is 2. The number of unbranched alkanes of at least 4 members (excludes halogenated alkanes) is 11. The second-order valence-corrected chi connectivity index (χ2v) is 11.2. The molecule has 1 amide bonds. The van der Waals surface area contributed by atoms with Crippen molar-refractivity contribution < 1.29 is 30.9 Å². The molecule has 1 N–H and O–H groups in total. The molecule has 1 aromatic heterocycles. The first kappa shape index (κ1) is 33.8. The number of ether oxygens (including phenoxy) is 1. The van der Waals surface area contributed by atoms with Gasteiger partial charge in [0.25, 0.3) is 5.01 Å². The summed E-state index contributed by atoms with van der Waals surface area (Å²) in [7, 11) is 0. The van der Waals surface area contributed by atoms with E-state index in [2.05, 4.69) is 35.3 Å². The van der Waals surface area contributed by atoms with Gasteiger partial charge in [-0.15, -0.1) is 0 Å². The Morgan fingerprint density at radius 2 is 1.57 bits per heavy atom. The number of thiazole rings is 1. The van der Waals surface area contributed by atoms with Gasteiger partial charge >= 0.3 is 0 Å². The molecule has 0 unspecified atom stereocenters. The van der Waals surface area contributed by atoms with E-state index in [-0.39, 0.29) is 30.5 Å². The summed E-state index contributed by atoms with van der Waals surface area (Å²) >= 11 is 1.67. The van der Waals surface area contributed by atoms with Gasteiger partial charge in [0.15, 0.2) is 17.8 Å². The molecule has 40 heavy (non-hydrogen) atoms. The predicted molar refractivity (Wildman–Crippen MR) is 161 cm³/mol. The smallest absolute Gasteiger partial charge is 0.269 e. The second kappa shape index (κ2) is 19.6. The highest BCUT2D eigenvalue weighted by molar-refractivity contribution is 7.12. The quantitative estimate of drug-likeness (QED) is 0.135. The van der Waals surface area contributed by atoms with Crippen LogP contribution in [0.5, 0.6) is 5.75 Å². The van der Waals surface area contributed by atoms with E-state index >= 15 is 0 Å². The van der Waals surface area contributed by atoms with E-state index in [1.807, 2.05) is 24.3 Å². The Kier molecular flexibility index (Phi) is 16.5. The van der Waals surface area contributed by atoms with Gasteiger partial charge in [0.2, 0.25) is 5.91 Å². The molecule has 3 aromatic rings. The van der Waals surface area contributed by atoms with E-state index in [0.717, 1.165) is 35.6 Å². The van der Waals surface area contributed by atoms with Crippen molar-refractivity contribution in [2.45, 2.75) is 104 Å². The van der Waals surface area contributed by atoms with Gasteiger partial charge < -0.3 is 22.5 Å². The highest BCUT2D eigenvalue weighted by atomic mass is 35.5. The maximum Gasteiger partial charge on any atom is 0.269 e. The zero-order valence-corrected chi connectivity index (χ0v) is 25.8. The third-order valence-corrected chi connectivity index (χ3v) is 7.98. The Hall–Kier alpha value is -2.44. The third kappa shape index (κ3) is 12.0. The van der Waals surface area contributed by atoms with Crippen LogP contribution in [0.2, 0.25) is 0 Å². The lowest BCUT2D eigenvalue weighted by atomic mass is 10.1. The lowest BCUT2D eigenvalue weighted by Crippen LogP contribution is -3.00. The largest absolute Gasteiger partial charge is 1.00 e. The van der Waals surface area contributed by atoms with E-state index in [0.29, 0.717) is 12.2 Å². The summed E-state index contributed by atoms with van der Waals surface area (Å²) in [6.45, 7) is 5.78. The topological polar surface area (TPSA) is 42.2 Å². The molecular formula is C33H46ClFN2O2S. The number of hydrogen-bond donors (Lipinski definition) is 1. The molecule has 0 saturated carbocycles. The van der Waals surface area contributed by atoms with Crippen LogP contribution in [0.4, 0.5) is 10.1 Å². The molecule has 0 aliphatic heterocycles. The lowest BCUT2D eigenvalue weighted by molar-refractivity contribution is -0.678. The number of aryl methyl sites for hydroxylation is 1. The SMILES string of the molecule is CCCCCCCCCCCCCCOc1ccc(CC(=O)Nc2cccc(-c3scc[n+]3CC)c2)cc1F.[Cl-]. The zero-order chi connectivity index (χ0) is 27.7. The summed E-state index contributed by atoms with van der Waals surface area (Å²) in [6, 6.07) is 12.6. The summed E-state index contributed by atoms with van der Waals surface area (Å²) in [4.78, 5) is 12.6. The van der Waals surface area contributed by atoms with Crippen LogP contribution in [0.15, 0.2) is 54.0 Å². The zero-order valence-electron chi connectivity index (χ0n) is 24.2. The van der Waals surface area contributed by atoms with Crippen LogP contribution in [-0.4, -0.2) is 12.5 Å². The van der Waals surface area contributed by atoms with E-state index in [1.165, 1.54) is 70.3 Å². The fourth-order valence-corrected chi connectivity index (χ4v) is 5.73. The van der Waals surface area contributed by atoms with Crippen molar-refractivity contribution in [3.05, 3.63) is 65.4 Å². The van der Waals surface area contributed by atoms with Crippen LogP contribution in [0.3, 0.4) is 0 Å². The minimum absolute atomic E-state index is 0. The molecule has 0 bridgehead atoms. The van der Waals surface area contributed by atoms with Crippen molar-refractivity contribution in [2.24, 2.45) is 0 Å². The molecule has 3 rings (SSSR count). The number of benzene rings is 2. The molecule has 1 heterocycles. The maximum absolute atomic E-state index is 14.6. The first-order valence-corrected chi connectivity index (χ1v) is 15.8. The molecule has 0 radical (unpaired) electrons. The Bertz CT molecular complexity index is 1140. The summed E-state index contributed by atoms with van der Waals surface area (Å²) in [5, 5.41) is 6.16. The van der Waals surface area contributed by atoms with Gasteiger partial charge in [-0.05, 0) is 49.2 Å². The minimum Gasteiger partial charge on any atom is -1.00 e. The number of hydrogen-bond acceptors (Lipinski definition) is 3. The van der Waals surface area contributed by atoms with Crippen molar-refractivity contribution in [1.82, 2.24) is 0 Å². The highest BCUT2D eigenvalue weighted by Gasteiger charge is 2.14. The van der Waals surface area contributed by atoms with E-state index in [4.69, 9.17) is 4.74 Å². The predicted octanol–water partition coefficient (Wildman–Crippen LogP) is 6.13. The monoisotopic (exact) mass is 588 g/mol. The fraction of sp³-hybridized carbons (Fsp3) is 0.515. The molecule has 0 fully saturated rings. The Balaban J connectivity index is 0.00000560. The van der Waals surface area contributed by atoms with Crippen LogP contribution in [0, 0.1) is 5.82 Å². The van der Waals surface area contributed by atoms with Crippen molar-refractivity contribution in [3.63, 3.8) is 0 Å². The molecule has 2 aromatic carbocycles. The second-order valence-electron chi connectivity index (χ2n) is 10.3. The summed E-state index contributed by atoms with van der Waals surface area (Å²) in [5.74, 6) is -0.329. The van der Waals surface area contributed by atoms with E-state index in [1.54, 1.807) is 23.5 Å².